The van der Waals surface area contributed by atoms with Gasteiger partial charge in [-0.3, -0.25) is 28.1 Å². The number of carbonyl (C=O) groups is 1. The zero-order valence-electron chi connectivity index (χ0n) is 17.4. The standard InChI is InChI=1S/C21H22N4O6/c1-4-24-16(26)9-13(17-19(24)23(3)21(29)25(5-2)20(17)28)18(27)22-10-12-6-7-14-15(8-12)31-11-30-14/h6-9H,4-5,10-11H2,1-3H3,(H,22,27). The van der Waals surface area contributed by atoms with Gasteiger partial charge in [0, 0.05) is 32.7 Å². The summed E-state index contributed by atoms with van der Waals surface area (Å²) >= 11 is 0. The molecule has 0 bridgehead atoms. The Morgan fingerprint density at radius 3 is 2.45 bits per heavy atom. The zero-order valence-corrected chi connectivity index (χ0v) is 17.4. The van der Waals surface area contributed by atoms with Gasteiger partial charge in [0.05, 0.1) is 10.9 Å². The van der Waals surface area contributed by atoms with Crippen LogP contribution in [0, 0.1) is 0 Å². The van der Waals surface area contributed by atoms with Gasteiger partial charge in [-0.2, -0.15) is 0 Å². The third kappa shape index (κ3) is 3.29. The van der Waals surface area contributed by atoms with Crippen LogP contribution in [-0.2, 0) is 26.7 Å². The number of aryl methyl sites for hydroxylation is 2. The first-order valence-corrected chi connectivity index (χ1v) is 9.91. The van der Waals surface area contributed by atoms with E-state index in [0.29, 0.717) is 11.5 Å². The van der Waals surface area contributed by atoms with Crippen molar-refractivity contribution >= 4 is 16.9 Å². The fourth-order valence-corrected chi connectivity index (χ4v) is 3.78. The maximum atomic E-state index is 13.1. The van der Waals surface area contributed by atoms with Gasteiger partial charge in [0.25, 0.3) is 17.0 Å². The summed E-state index contributed by atoms with van der Waals surface area (Å²) in [5.74, 6) is 0.635. The molecular formula is C21H22N4O6. The van der Waals surface area contributed by atoms with Gasteiger partial charge in [-0.1, -0.05) is 6.07 Å². The quantitative estimate of drug-likeness (QED) is 0.638. The van der Waals surface area contributed by atoms with Crippen molar-refractivity contribution in [2.75, 3.05) is 6.79 Å². The fraction of sp³-hybridized carbons (Fsp3) is 0.333. The monoisotopic (exact) mass is 426 g/mol. The lowest BCUT2D eigenvalue weighted by molar-refractivity contribution is 0.0952. The Morgan fingerprint density at radius 1 is 1.03 bits per heavy atom. The van der Waals surface area contributed by atoms with Crippen molar-refractivity contribution in [3.8, 4) is 11.5 Å². The summed E-state index contributed by atoms with van der Waals surface area (Å²) in [6.07, 6.45) is 0. The number of nitrogens with one attached hydrogen (secondary N) is 1. The first-order valence-electron chi connectivity index (χ1n) is 9.91. The van der Waals surface area contributed by atoms with Gasteiger partial charge in [-0.05, 0) is 31.5 Å². The predicted octanol–water partition coefficient (Wildman–Crippen LogP) is 0.560. The molecule has 0 aliphatic carbocycles. The molecule has 0 fully saturated rings. The third-order valence-electron chi connectivity index (χ3n) is 5.34. The Hall–Kier alpha value is -3.82. The molecule has 1 amide bonds. The molecule has 162 valence electrons. The van der Waals surface area contributed by atoms with E-state index in [-0.39, 0.29) is 43.0 Å². The molecule has 0 saturated carbocycles. The first-order chi connectivity index (χ1) is 14.9. The molecule has 3 aromatic rings. The van der Waals surface area contributed by atoms with Crippen molar-refractivity contribution in [2.45, 2.75) is 33.5 Å². The highest BCUT2D eigenvalue weighted by Crippen LogP contribution is 2.32. The SMILES string of the molecule is CCn1c(=O)c2c(C(=O)NCc3ccc4c(c3)OCO4)cc(=O)n(CC)c2n(C)c1=O. The summed E-state index contributed by atoms with van der Waals surface area (Å²) in [5.41, 5.74) is -0.777. The molecule has 0 saturated heterocycles. The summed E-state index contributed by atoms with van der Waals surface area (Å²) in [7, 11) is 1.48. The molecule has 1 aliphatic heterocycles. The van der Waals surface area contributed by atoms with Crippen LogP contribution in [0.5, 0.6) is 11.5 Å². The van der Waals surface area contributed by atoms with E-state index < -0.39 is 22.7 Å². The predicted molar refractivity (Wildman–Crippen MR) is 113 cm³/mol. The van der Waals surface area contributed by atoms with Crippen LogP contribution < -0.4 is 31.6 Å². The maximum Gasteiger partial charge on any atom is 0.332 e. The van der Waals surface area contributed by atoms with Crippen LogP contribution in [0.3, 0.4) is 0 Å². The molecule has 1 aromatic carbocycles. The number of carbonyl (C=O) groups excluding carboxylic acids is 1. The molecule has 0 spiro atoms. The molecule has 3 heterocycles. The summed E-state index contributed by atoms with van der Waals surface area (Å²) in [6, 6.07) is 6.43. The molecule has 1 aliphatic rings. The summed E-state index contributed by atoms with van der Waals surface area (Å²) in [6.45, 7) is 4.09. The van der Waals surface area contributed by atoms with Gasteiger partial charge >= 0.3 is 5.69 Å². The fourth-order valence-electron chi connectivity index (χ4n) is 3.78. The first kappa shape index (κ1) is 20.5. The number of nitrogens with zero attached hydrogens (tertiary/aromatic N) is 3. The number of amides is 1. The largest absolute Gasteiger partial charge is 0.454 e. The normalized spacial score (nSPS) is 12.4. The molecular weight excluding hydrogens is 404 g/mol. The van der Waals surface area contributed by atoms with Crippen molar-refractivity contribution in [3.63, 3.8) is 0 Å². The summed E-state index contributed by atoms with van der Waals surface area (Å²) < 4.78 is 14.2. The van der Waals surface area contributed by atoms with Crippen LogP contribution in [0.25, 0.3) is 11.0 Å². The van der Waals surface area contributed by atoms with Crippen molar-refractivity contribution in [3.05, 3.63) is 66.6 Å². The minimum atomic E-state index is -0.601. The van der Waals surface area contributed by atoms with Crippen LogP contribution in [0.1, 0.15) is 29.8 Å². The minimum absolute atomic E-state index is 0.0357. The van der Waals surface area contributed by atoms with Crippen LogP contribution in [0.2, 0.25) is 0 Å². The average Bonchev–Trinajstić information content (AvgIpc) is 3.23. The van der Waals surface area contributed by atoms with E-state index in [0.717, 1.165) is 16.2 Å². The van der Waals surface area contributed by atoms with E-state index in [1.165, 1.54) is 16.2 Å². The Labute approximate surface area is 176 Å². The van der Waals surface area contributed by atoms with Crippen LogP contribution in [-0.4, -0.2) is 26.4 Å². The van der Waals surface area contributed by atoms with Crippen LogP contribution >= 0.6 is 0 Å². The maximum absolute atomic E-state index is 13.1. The topological polar surface area (TPSA) is 114 Å². The molecule has 10 nitrogen and oxygen atoms in total. The number of rotatable bonds is 5. The third-order valence-corrected chi connectivity index (χ3v) is 5.34. The number of benzene rings is 1. The number of fused-ring (bicyclic) bond motifs is 2. The minimum Gasteiger partial charge on any atom is -0.454 e. The van der Waals surface area contributed by atoms with E-state index in [1.807, 2.05) is 0 Å². The molecule has 1 N–H and O–H groups in total. The van der Waals surface area contributed by atoms with Crippen molar-refractivity contribution in [1.29, 1.82) is 0 Å². The number of hydrogen-bond donors (Lipinski definition) is 1. The molecule has 10 heteroatoms. The average molecular weight is 426 g/mol. The van der Waals surface area contributed by atoms with E-state index in [4.69, 9.17) is 9.47 Å². The van der Waals surface area contributed by atoms with Gasteiger partial charge in [0.2, 0.25) is 6.79 Å². The summed E-state index contributed by atoms with van der Waals surface area (Å²) in [4.78, 5) is 51.3. The lowest BCUT2D eigenvalue weighted by Gasteiger charge is -2.16. The Bertz CT molecular complexity index is 1380. The molecule has 4 rings (SSSR count). The second kappa shape index (κ2) is 7.78. The van der Waals surface area contributed by atoms with Gasteiger partial charge in [-0.25, -0.2) is 4.79 Å². The highest BCUT2D eigenvalue weighted by atomic mass is 16.7. The van der Waals surface area contributed by atoms with Crippen molar-refractivity contribution in [1.82, 2.24) is 19.0 Å². The number of hydrogen-bond acceptors (Lipinski definition) is 6. The molecule has 0 radical (unpaired) electrons. The van der Waals surface area contributed by atoms with Gasteiger partial charge < -0.3 is 14.8 Å². The van der Waals surface area contributed by atoms with Gasteiger partial charge in [0.1, 0.15) is 5.65 Å². The van der Waals surface area contributed by atoms with Gasteiger partial charge in [0.15, 0.2) is 11.5 Å². The highest BCUT2D eigenvalue weighted by Gasteiger charge is 2.22. The number of pyridine rings is 1. The molecule has 0 unspecified atom stereocenters. The van der Waals surface area contributed by atoms with Crippen LogP contribution in [0.15, 0.2) is 38.6 Å². The van der Waals surface area contributed by atoms with Crippen LogP contribution in [0.4, 0.5) is 0 Å². The van der Waals surface area contributed by atoms with Crippen molar-refractivity contribution < 1.29 is 14.3 Å². The lowest BCUT2D eigenvalue weighted by Crippen LogP contribution is -2.42. The van der Waals surface area contributed by atoms with Crippen molar-refractivity contribution in [2.24, 2.45) is 7.05 Å². The molecule has 2 aromatic heterocycles. The second-order valence-corrected chi connectivity index (χ2v) is 7.10. The zero-order chi connectivity index (χ0) is 22.3. The number of ether oxygens (including phenoxy) is 2. The van der Waals surface area contributed by atoms with E-state index >= 15 is 0 Å². The molecule has 0 atom stereocenters. The van der Waals surface area contributed by atoms with Gasteiger partial charge in [-0.15, -0.1) is 0 Å². The Kier molecular flexibility index (Phi) is 5.14. The lowest BCUT2D eigenvalue weighted by atomic mass is 10.1. The van der Waals surface area contributed by atoms with E-state index in [2.05, 4.69) is 5.32 Å². The second-order valence-electron chi connectivity index (χ2n) is 7.10. The smallest absolute Gasteiger partial charge is 0.332 e. The highest BCUT2D eigenvalue weighted by molar-refractivity contribution is 6.05. The summed E-state index contributed by atoms with van der Waals surface area (Å²) in [5, 5.41) is 2.78. The Balaban J connectivity index is 1.80. The molecule has 31 heavy (non-hydrogen) atoms. The number of aromatic nitrogens is 3. The van der Waals surface area contributed by atoms with E-state index in [1.54, 1.807) is 32.0 Å². The van der Waals surface area contributed by atoms with E-state index in [9.17, 15) is 19.2 Å². The Morgan fingerprint density at radius 2 is 1.74 bits per heavy atom.